The minimum absolute atomic E-state index is 0.0645. The van der Waals surface area contributed by atoms with Gasteiger partial charge in [-0.25, -0.2) is 13.4 Å². The molecule has 0 aliphatic rings. The Morgan fingerprint density at radius 3 is 2.51 bits per heavy atom. The summed E-state index contributed by atoms with van der Waals surface area (Å²) < 4.78 is 43.2. The van der Waals surface area contributed by atoms with Gasteiger partial charge in [0.1, 0.15) is 5.76 Å². The van der Waals surface area contributed by atoms with Gasteiger partial charge in [-0.05, 0) is 48.4 Å². The van der Waals surface area contributed by atoms with Crippen LogP contribution in [0, 0.1) is 10.5 Å². The number of pyridine rings is 1. The van der Waals surface area contributed by atoms with Crippen molar-refractivity contribution in [2.45, 2.75) is 32.7 Å². The van der Waals surface area contributed by atoms with Gasteiger partial charge in [0.2, 0.25) is 16.6 Å². The molecule has 0 bridgehead atoms. The first kappa shape index (κ1) is 27.8. The van der Waals surface area contributed by atoms with Crippen molar-refractivity contribution < 1.29 is 27.1 Å². The number of carbonyl (C=O) groups excluding carboxylic acids is 1. The lowest BCUT2D eigenvalue weighted by atomic mass is 10.0. The quantitative estimate of drug-likeness (QED) is 0.125. The van der Waals surface area contributed by atoms with E-state index in [9.17, 15) is 22.7 Å². The molecule has 2 N–H and O–H groups in total. The smallest absolute Gasteiger partial charge is 0.255 e. The van der Waals surface area contributed by atoms with Crippen LogP contribution in [0.15, 0.2) is 34.7 Å². The molecule has 2 heterocycles. The molecule has 0 aliphatic carbocycles. The lowest BCUT2D eigenvalue weighted by Crippen LogP contribution is -2.24. The fourth-order valence-corrected chi connectivity index (χ4v) is 5.64. The van der Waals surface area contributed by atoms with Gasteiger partial charge < -0.3 is 14.6 Å². The largest absolute Gasteiger partial charge is 0.437 e. The molecule has 0 aliphatic heterocycles. The summed E-state index contributed by atoms with van der Waals surface area (Å²) in [5.41, 5.74) is 2.99. The molecule has 0 saturated carbocycles. The second kappa shape index (κ2) is 12.0. The standard InChI is InChI=1S/C23H29IN3O6PS/c1-15-7-9-16(10-8-15)21-20(22(28)25-2)17-13-18(24)19(26-23(17)33-21)14-27(35(31)32)11-5-4-6-12-34(3,29)30/h7-10,13,35H,4-6,11-12,14H2,1-3H3,(H,25,28)(H,29,30). The van der Waals surface area contributed by atoms with E-state index in [0.29, 0.717) is 45.2 Å². The average Bonchev–Trinajstić information content (AvgIpc) is 3.15. The maximum atomic E-state index is 12.7. The van der Waals surface area contributed by atoms with Crippen molar-refractivity contribution in [2.24, 2.45) is 0 Å². The maximum absolute atomic E-state index is 12.7. The average molecular weight is 633 g/mol. The van der Waals surface area contributed by atoms with E-state index in [4.69, 9.17) is 4.42 Å². The number of carbonyl (C=O) groups is 1. The van der Waals surface area contributed by atoms with Crippen molar-refractivity contribution in [1.29, 1.82) is 0 Å². The number of furan rings is 1. The van der Waals surface area contributed by atoms with Crippen LogP contribution in [0.2, 0.25) is 0 Å². The summed E-state index contributed by atoms with van der Waals surface area (Å²) in [5, 5.41) is 3.21. The molecular weight excluding hydrogens is 604 g/mol. The summed E-state index contributed by atoms with van der Waals surface area (Å²) in [4.78, 5) is 26.7. The SMILES string of the molecule is CNC(=O)c1c(-c2ccc(C)cc2)oc2nc(CN(CCCCCP(C)(=O)O)[SH](=O)=O)c(I)cc12. The highest BCUT2D eigenvalue weighted by Crippen LogP contribution is 2.36. The zero-order valence-corrected chi connectivity index (χ0v) is 23.7. The molecule has 1 aromatic carbocycles. The Hall–Kier alpha value is -1.79. The fraction of sp³-hybridized carbons (Fsp3) is 0.391. The van der Waals surface area contributed by atoms with Crippen LogP contribution in [0.3, 0.4) is 0 Å². The lowest BCUT2D eigenvalue weighted by molar-refractivity contribution is 0.0964. The van der Waals surface area contributed by atoms with Gasteiger partial charge in [0.25, 0.3) is 5.91 Å². The summed E-state index contributed by atoms with van der Waals surface area (Å²) in [6, 6.07) is 9.41. The van der Waals surface area contributed by atoms with Gasteiger partial charge in [0, 0.05) is 35.6 Å². The molecule has 1 unspecified atom stereocenters. The fourth-order valence-electron chi connectivity index (χ4n) is 3.67. The Balaban J connectivity index is 1.89. The Kier molecular flexibility index (Phi) is 9.50. The van der Waals surface area contributed by atoms with Crippen molar-refractivity contribution in [3.8, 4) is 11.3 Å². The summed E-state index contributed by atoms with van der Waals surface area (Å²) in [7, 11) is -4.35. The monoisotopic (exact) mass is 633 g/mol. The van der Waals surface area contributed by atoms with Gasteiger partial charge in [0.15, 0.2) is 7.37 Å². The Labute approximate surface area is 220 Å². The number of aromatic nitrogens is 1. The maximum Gasteiger partial charge on any atom is 0.255 e. The highest BCUT2D eigenvalue weighted by molar-refractivity contribution is 14.1. The van der Waals surface area contributed by atoms with Crippen LogP contribution >= 0.6 is 30.0 Å². The van der Waals surface area contributed by atoms with Gasteiger partial charge in [-0.2, -0.15) is 4.31 Å². The van der Waals surface area contributed by atoms with E-state index in [1.54, 1.807) is 13.1 Å². The number of benzene rings is 1. The summed E-state index contributed by atoms with van der Waals surface area (Å²) in [6.07, 6.45) is 2.00. The van der Waals surface area contributed by atoms with E-state index in [0.717, 1.165) is 11.1 Å². The second-order valence-electron chi connectivity index (χ2n) is 8.48. The van der Waals surface area contributed by atoms with Crippen LogP contribution in [-0.4, -0.2) is 54.9 Å². The number of hydrogen-bond acceptors (Lipinski definition) is 6. The first-order valence-corrected chi connectivity index (χ1v) is 15.6. The van der Waals surface area contributed by atoms with E-state index >= 15 is 0 Å². The number of rotatable bonds is 11. The van der Waals surface area contributed by atoms with E-state index < -0.39 is 18.3 Å². The lowest BCUT2D eigenvalue weighted by Gasteiger charge is -2.15. The molecule has 35 heavy (non-hydrogen) atoms. The molecule has 190 valence electrons. The highest BCUT2D eigenvalue weighted by Gasteiger charge is 2.24. The summed E-state index contributed by atoms with van der Waals surface area (Å²) in [5.74, 6) is 0.108. The molecule has 0 saturated heterocycles. The third kappa shape index (κ3) is 7.36. The van der Waals surface area contributed by atoms with Crippen molar-refractivity contribution in [1.82, 2.24) is 14.6 Å². The highest BCUT2D eigenvalue weighted by atomic mass is 127. The molecule has 0 fully saturated rings. The number of halogens is 1. The van der Waals surface area contributed by atoms with E-state index in [1.165, 1.54) is 11.0 Å². The van der Waals surface area contributed by atoms with E-state index in [2.05, 4.69) is 32.9 Å². The Morgan fingerprint density at radius 2 is 1.91 bits per heavy atom. The zero-order valence-electron chi connectivity index (χ0n) is 19.8. The molecule has 0 spiro atoms. The number of aryl methyl sites for hydroxylation is 1. The third-order valence-corrected chi connectivity index (χ3v) is 8.41. The number of nitrogens with zero attached hydrogens (tertiary/aromatic N) is 2. The first-order valence-electron chi connectivity index (χ1n) is 11.1. The van der Waals surface area contributed by atoms with Gasteiger partial charge in [-0.3, -0.25) is 9.36 Å². The Bertz CT molecular complexity index is 1330. The van der Waals surface area contributed by atoms with Crippen molar-refractivity contribution in [2.75, 3.05) is 26.4 Å². The molecule has 1 atom stereocenters. The van der Waals surface area contributed by atoms with Gasteiger partial charge in [-0.1, -0.05) is 36.2 Å². The summed E-state index contributed by atoms with van der Waals surface area (Å²) in [6.45, 7) is 3.64. The van der Waals surface area contributed by atoms with Gasteiger partial charge in [0.05, 0.1) is 23.2 Å². The topological polar surface area (TPSA) is 130 Å². The minimum Gasteiger partial charge on any atom is -0.437 e. The summed E-state index contributed by atoms with van der Waals surface area (Å²) >= 11 is 2.09. The molecule has 12 heteroatoms. The van der Waals surface area contributed by atoms with Crippen molar-refractivity contribution in [3.63, 3.8) is 0 Å². The van der Waals surface area contributed by atoms with Crippen LogP contribution in [0.25, 0.3) is 22.4 Å². The number of nitrogens with one attached hydrogen (secondary N) is 1. The van der Waals surface area contributed by atoms with Crippen LogP contribution < -0.4 is 5.32 Å². The van der Waals surface area contributed by atoms with Crippen LogP contribution in [0.1, 0.15) is 40.9 Å². The normalized spacial score (nSPS) is 13.5. The van der Waals surface area contributed by atoms with Crippen molar-refractivity contribution in [3.05, 3.63) is 50.7 Å². The second-order valence-corrected chi connectivity index (χ2v) is 13.2. The van der Waals surface area contributed by atoms with Crippen molar-refractivity contribution >= 4 is 57.9 Å². The number of thiol groups is 1. The minimum atomic E-state index is -3.05. The molecule has 9 nitrogen and oxygen atoms in total. The third-order valence-electron chi connectivity index (χ3n) is 5.53. The molecule has 3 rings (SSSR count). The van der Waals surface area contributed by atoms with E-state index in [-0.39, 0.29) is 30.9 Å². The van der Waals surface area contributed by atoms with E-state index in [1.807, 2.05) is 31.2 Å². The molecule has 3 aromatic rings. The first-order chi connectivity index (χ1) is 16.5. The molecular formula is C23H29IN3O6PS. The number of fused-ring (bicyclic) bond motifs is 1. The van der Waals surface area contributed by atoms with Crippen LogP contribution in [-0.2, 0) is 22.0 Å². The predicted molar refractivity (Wildman–Crippen MR) is 145 cm³/mol. The van der Waals surface area contributed by atoms with Gasteiger partial charge >= 0.3 is 0 Å². The number of hydrogen-bond donors (Lipinski definition) is 3. The molecule has 1 amide bonds. The Morgan fingerprint density at radius 1 is 1.23 bits per heavy atom. The zero-order chi connectivity index (χ0) is 25.8. The van der Waals surface area contributed by atoms with Gasteiger partial charge in [-0.15, -0.1) is 0 Å². The van der Waals surface area contributed by atoms with Crippen LogP contribution in [0.5, 0.6) is 0 Å². The predicted octanol–water partition coefficient (Wildman–Crippen LogP) is 4.17. The van der Waals surface area contributed by atoms with Crippen LogP contribution in [0.4, 0.5) is 0 Å². The molecule has 0 radical (unpaired) electrons. The number of amides is 1. The molecule has 2 aromatic heterocycles. The number of unbranched alkanes of at least 4 members (excludes halogenated alkanes) is 2.